The zero-order chi connectivity index (χ0) is 20.3. The van der Waals surface area contributed by atoms with E-state index in [-0.39, 0.29) is 11.5 Å². The number of nitrogens with zero attached hydrogens (tertiary/aromatic N) is 2. The fraction of sp³-hybridized carbons (Fsp3) is 0.211. The highest BCUT2D eigenvalue weighted by atomic mass is 32.2. The van der Waals surface area contributed by atoms with Crippen LogP contribution in [0.3, 0.4) is 0 Å². The number of thioether (sulfide) groups is 1. The average Bonchev–Trinajstić information content (AvgIpc) is 3.10. The summed E-state index contributed by atoms with van der Waals surface area (Å²) in [5.41, 5.74) is 4.03. The first-order valence-electron chi connectivity index (χ1n) is 8.36. The number of carbonyl (C=O) groups excluding carboxylic acids is 1. The normalized spacial score (nSPS) is 11.4. The standard InChI is InChI=1S/C19H19N3O4S2/c1-12-4-5-15(10-13(12)2)18-20-21-19(26-18)27-11-17(23)14-6-8-16(9-7-14)22-28(3,24)25/h4-10,22H,11H2,1-3H3. The summed E-state index contributed by atoms with van der Waals surface area (Å²) in [7, 11) is -3.35. The maximum atomic E-state index is 12.3. The molecule has 9 heteroatoms. The Hall–Kier alpha value is -2.65. The molecule has 0 aliphatic heterocycles. The van der Waals surface area contributed by atoms with Crippen LogP contribution >= 0.6 is 11.8 Å². The van der Waals surface area contributed by atoms with Crippen LogP contribution in [-0.2, 0) is 10.0 Å². The molecule has 2 aromatic carbocycles. The monoisotopic (exact) mass is 417 g/mol. The second-order valence-electron chi connectivity index (χ2n) is 6.34. The quantitative estimate of drug-likeness (QED) is 0.462. The summed E-state index contributed by atoms with van der Waals surface area (Å²) >= 11 is 1.16. The van der Waals surface area contributed by atoms with Gasteiger partial charge in [-0.05, 0) is 61.4 Å². The van der Waals surface area contributed by atoms with Gasteiger partial charge in [0.25, 0.3) is 5.22 Å². The van der Waals surface area contributed by atoms with Gasteiger partial charge in [-0.3, -0.25) is 9.52 Å². The fourth-order valence-electron chi connectivity index (χ4n) is 2.41. The van der Waals surface area contributed by atoms with Gasteiger partial charge in [-0.1, -0.05) is 17.8 Å². The number of aromatic nitrogens is 2. The molecule has 0 saturated carbocycles. The van der Waals surface area contributed by atoms with E-state index in [1.54, 1.807) is 24.3 Å². The van der Waals surface area contributed by atoms with Crippen LogP contribution in [0.2, 0.25) is 0 Å². The summed E-state index contributed by atoms with van der Waals surface area (Å²) in [6.45, 7) is 4.05. The van der Waals surface area contributed by atoms with Crippen molar-refractivity contribution in [2.75, 3.05) is 16.7 Å². The van der Waals surface area contributed by atoms with Crippen molar-refractivity contribution in [3.05, 3.63) is 59.2 Å². The summed E-state index contributed by atoms with van der Waals surface area (Å²) < 4.78 is 30.4. The minimum absolute atomic E-state index is 0.123. The van der Waals surface area contributed by atoms with E-state index in [2.05, 4.69) is 14.9 Å². The summed E-state index contributed by atoms with van der Waals surface area (Å²) in [5, 5.41) is 8.34. The van der Waals surface area contributed by atoms with Crippen LogP contribution in [0.1, 0.15) is 21.5 Å². The SMILES string of the molecule is Cc1ccc(-c2nnc(SCC(=O)c3ccc(NS(C)(=O)=O)cc3)o2)cc1C. The van der Waals surface area contributed by atoms with Gasteiger partial charge in [0.2, 0.25) is 15.9 Å². The van der Waals surface area contributed by atoms with Gasteiger partial charge in [-0.25, -0.2) is 8.42 Å². The van der Waals surface area contributed by atoms with Gasteiger partial charge in [0, 0.05) is 16.8 Å². The van der Waals surface area contributed by atoms with Crippen molar-refractivity contribution >= 4 is 33.3 Å². The molecule has 0 saturated heterocycles. The number of hydrogen-bond donors (Lipinski definition) is 1. The third-order valence-corrected chi connectivity index (χ3v) is 5.42. The lowest BCUT2D eigenvalue weighted by molar-refractivity contribution is 0.102. The van der Waals surface area contributed by atoms with E-state index in [9.17, 15) is 13.2 Å². The summed E-state index contributed by atoms with van der Waals surface area (Å²) in [4.78, 5) is 12.3. The summed E-state index contributed by atoms with van der Waals surface area (Å²) in [5.74, 6) is 0.420. The predicted octanol–water partition coefficient (Wildman–Crippen LogP) is 3.70. The van der Waals surface area contributed by atoms with Gasteiger partial charge >= 0.3 is 0 Å². The number of ketones is 1. The van der Waals surface area contributed by atoms with Crippen molar-refractivity contribution in [2.24, 2.45) is 0 Å². The Bertz CT molecular complexity index is 1110. The number of anilines is 1. The molecule has 7 nitrogen and oxygen atoms in total. The maximum absolute atomic E-state index is 12.3. The molecule has 0 spiro atoms. The minimum Gasteiger partial charge on any atom is -0.411 e. The van der Waals surface area contributed by atoms with E-state index in [1.165, 1.54) is 5.56 Å². The molecule has 3 aromatic rings. The van der Waals surface area contributed by atoms with E-state index in [0.29, 0.717) is 22.4 Å². The fourth-order valence-corrected chi connectivity index (χ4v) is 3.63. The summed E-state index contributed by atoms with van der Waals surface area (Å²) in [6, 6.07) is 12.1. The van der Waals surface area contributed by atoms with Gasteiger partial charge < -0.3 is 4.42 Å². The van der Waals surface area contributed by atoms with Crippen molar-refractivity contribution in [2.45, 2.75) is 19.1 Å². The van der Waals surface area contributed by atoms with Crippen molar-refractivity contribution in [3.8, 4) is 11.5 Å². The van der Waals surface area contributed by atoms with E-state index >= 15 is 0 Å². The van der Waals surface area contributed by atoms with Crippen LogP contribution in [0.4, 0.5) is 5.69 Å². The van der Waals surface area contributed by atoms with E-state index < -0.39 is 10.0 Å². The number of sulfonamides is 1. The lowest BCUT2D eigenvalue weighted by atomic mass is 10.1. The Morgan fingerprint density at radius 1 is 1.07 bits per heavy atom. The predicted molar refractivity (Wildman–Crippen MR) is 109 cm³/mol. The number of benzene rings is 2. The van der Waals surface area contributed by atoms with Crippen LogP contribution in [0.5, 0.6) is 0 Å². The van der Waals surface area contributed by atoms with Crippen LogP contribution in [0.25, 0.3) is 11.5 Å². The molecule has 0 aliphatic carbocycles. The van der Waals surface area contributed by atoms with Crippen molar-refractivity contribution in [3.63, 3.8) is 0 Å². The molecule has 1 heterocycles. The number of aryl methyl sites for hydroxylation is 2. The molecule has 1 aromatic heterocycles. The summed E-state index contributed by atoms with van der Waals surface area (Å²) in [6.07, 6.45) is 1.07. The molecule has 0 bridgehead atoms. The third-order valence-electron chi connectivity index (χ3n) is 4.00. The zero-order valence-electron chi connectivity index (χ0n) is 15.6. The molecular formula is C19H19N3O4S2. The molecule has 0 aliphatic rings. The second-order valence-corrected chi connectivity index (χ2v) is 9.01. The zero-order valence-corrected chi connectivity index (χ0v) is 17.2. The molecule has 1 N–H and O–H groups in total. The van der Waals surface area contributed by atoms with Gasteiger partial charge in [-0.15, -0.1) is 10.2 Å². The first-order valence-corrected chi connectivity index (χ1v) is 11.2. The van der Waals surface area contributed by atoms with E-state index in [0.717, 1.165) is 29.1 Å². The maximum Gasteiger partial charge on any atom is 0.277 e. The molecule has 0 radical (unpaired) electrons. The molecule has 28 heavy (non-hydrogen) atoms. The number of rotatable bonds is 7. The highest BCUT2D eigenvalue weighted by molar-refractivity contribution is 7.99. The third kappa shape index (κ3) is 5.20. The minimum atomic E-state index is -3.35. The molecule has 0 unspecified atom stereocenters. The number of carbonyl (C=O) groups is 1. The van der Waals surface area contributed by atoms with Crippen LogP contribution in [-0.4, -0.2) is 36.4 Å². The van der Waals surface area contributed by atoms with Crippen LogP contribution in [0.15, 0.2) is 52.1 Å². The van der Waals surface area contributed by atoms with E-state index in [1.807, 2.05) is 32.0 Å². The van der Waals surface area contributed by atoms with Gasteiger partial charge in [-0.2, -0.15) is 0 Å². The number of nitrogens with one attached hydrogen (secondary N) is 1. The highest BCUT2D eigenvalue weighted by Gasteiger charge is 2.13. The molecule has 0 amide bonds. The van der Waals surface area contributed by atoms with Crippen molar-refractivity contribution in [1.82, 2.24) is 10.2 Å². The molecule has 146 valence electrons. The second kappa shape index (κ2) is 8.15. The lowest BCUT2D eigenvalue weighted by Gasteiger charge is -2.04. The number of hydrogen-bond acceptors (Lipinski definition) is 7. The van der Waals surface area contributed by atoms with Gasteiger partial charge in [0.1, 0.15) is 0 Å². The van der Waals surface area contributed by atoms with Gasteiger partial charge in [0.05, 0.1) is 12.0 Å². The van der Waals surface area contributed by atoms with Crippen LogP contribution < -0.4 is 4.72 Å². The molecule has 0 atom stereocenters. The molecule has 3 rings (SSSR count). The smallest absolute Gasteiger partial charge is 0.277 e. The first kappa shape index (κ1) is 20.1. The Morgan fingerprint density at radius 3 is 2.43 bits per heavy atom. The Kier molecular flexibility index (Phi) is 5.85. The van der Waals surface area contributed by atoms with Crippen molar-refractivity contribution in [1.29, 1.82) is 0 Å². The lowest BCUT2D eigenvalue weighted by Crippen LogP contribution is -2.10. The Balaban J connectivity index is 1.62. The molecule has 0 fully saturated rings. The highest BCUT2D eigenvalue weighted by Crippen LogP contribution is 2.25. The average molecular weight is 418 g/mol. The Labute approximate surface area is 167 Å². The number of Topliss-reactive ketones (excluding diaryl/α,β-unsaturated/α-hetero) is 1. The first-order chi connectivity index (χ1) is 13.2. The largest absolute Gasteiger partial charge is 0.411 e. The van der Waals surface area contributed by atoms with Crippen molar-refractivity contribution < 1.29 is 17.6 Å². The van der Waals surface area contributed by atoms with E-state index in [4.69, 9.17) is 4.42 Å². The van der Waals surface area contributed by atoms with Crippen LogP contribution in [0, 0.1) is 13.8 Å². The topological polar surface area (TPSA) is 102 Å². The Morgan fingerprint density at radius 2 is 1.79 bits per heavy atom. The van der Waals surface area contributed by atoms with Gasteiger partial charge in [0.15, 0.2) is 5.78 Å². The molecular weight excluding hydrogens is 398 g/mol.